The van der Waals surface area contributed by atoms with Crippen molar-refractivity contribution in [3.05, 3.63) is 59.2 Å². The molecule has 0 radical (unpaired) electrons. The normalized spacial score (nSPS) is 12.4. The number of anilines is 1. The molecule has 2 aromatic carbocycles. The number of methoxy groups -OCH3 is 2. The molecule has 0 amide bonds. The largest absolute Gasteiger partial charge is 0.495 e. The lowest BCUT2D eigenvalue weighted by atomic mass is 10.2. The Kier molecular flexibility index (Phi) is 6.28. The van der Waals surface area contributed by atoms with Gasteiger partial charge in [-0.05, 0) is 31.2 Å². The van der Waals surface area contributed by atoms with E-state index < -0.39 is 27.9 Å². The van der Waals surface area contributed by atoms with Crippen molar-refractivity contribution in [2.75, 3.05) is 24.8 Å². The lowest BCUT2D eigenvalue weighted by molar-refractivity contribution is 0.0603. The number of sulfonamides is 1. The molecule has 3 aromatic rings. The first-order valence-corrected chi connectivity index (χ1v) is 11.4. The SMILES string of the molecule is COC(=O)c1cn(C(=O)C(C)N(c2cc(Cl)ccc2OC)S(C)(=O)=O)c2ccccc12. The van der Waals surface area contributed by atoms with Gasteiger partial charge in [-0.2, -0.15) is 0 Å². The summed E-state index contributed by atoms with van der Waals surface area (Å²) in [6, 6.07) is 10.1. The molecule has 0 aliphatic heterocycles. The van der Waals surface area contributed by atoms with E-state index in [1.165, 1.54) is 44.0 Å². The molecule has 1 heterocycles. The molecular formula is C21H21ClN2O6S. The van der Waals surface area contributed by atoms with Gasteiger partial charge in [-0.25, -0.2) is 13.2 Å². The molecule has 8 nitrogen and oxygen atoms in total. The number of para-hydroxylation sites is 1. The van der Waals surface area contributed by atoms with Crippen molar-refractivity contribution in [2.45, 2.75) is 13.0 Å². The van der Waals surface area contributed by atoms with Crippen molar-refractivity contribution in [1.29, 1.82) is 0 Å². The Morgan fingerprint density at radius 3 is 2.42 bits per heavy atom. The van der Waals surface area contributed by atoms with Crippen LogP contribution >= 0.6 is 11.6 Å². The molecule has 3 rings (SSSR count). The topological polar surface area (TPSA) is 94.9 Å². The van der Waals surface area contributed by atoms with Crippen molar-refractivity contribution in [3.8, 4) is 5.75 Å². The number of halogens is 1. The molecule has 10 heteroatoms. The third-order valence-corrected chi connectivity index (χ3v) is 6.26. The fourth-order valence-corrected chi connectivity index (χ4v) is 4.78. The Morgan fingerprint density at radius 2 is 1.81 bits per heavy atom. The molecule has 0 N–H and O–H groups in total. The van der Waals surface area contributed by atoms with Crippen molar-refractivity contribution >= 4 is 50.1 Å². The van der Waals surface area contributed by atoms with Crippen molar-refractivity contribution in [1.82, 2.24) is 4.57 Å². The van der Waals surface area contributed by atoms with E-state index in [4.69, 9.17) is 21.1 Å². The highest BCUT2D eigenvalue weighted by atomic mass is 35.5. The second-order valence-corrected chi connectivity index (χ2v) is 9.11. The Morgan fingerprint density at radius 1 is 1.13 bits per heavy atom. The van der Waals surface area contributed by atoms with E-state index in [-0.39, 0.29) is 22.0 Å². The molecule has 1 aromatic heterocycles. The maximum atomic E-state index is 13.5. The van der Waals surface area contributed by atoms with Crippen LogP contribution in [-0.4, -0.2) is 51.4 Å². The fourth-order valence-electron chi connectivity index (χ4n) is 3.45. The van der Waals surface area contributed by atoms with Crippen LogP contribution in [0.1, 0.15) is 22.1 Å². The minimum atomic E-state index is -3.92. The molecule has 0 aliphatic carbocycles. The first kappa shape index (κ1) is 22.6. The lowest BCUT2D eigenvalue weighted by Crippen LogP contribution is -2.45. The van der Waals surface area contributed by atoms with E-state index in [0.717, 1.165) is 10.6 Å². The van der Waals surface area contributed by atoms with Gasteiger partial charge in [0, 0.05) is 16.6 Å². The van der Waals surface area contributed by atoms with Gasteiger partial charge in [0.25, 0.3) is 5.91 Å². The highest BCUT2D eigenvalue weighted by molar-refractivity contribution is 7.92. The predicted octanol–water partition coefficient (Wildman–Crippen LogP) is 3.58. The maximum absolute atomic E-state index is 13.5. The van der Waals surface area contributed by atoms with Gasteiger partial charge in [-0.1, -0.05) is 29.8 Å². The Labute approximate surface area is 185 Å². The third kappa shape index (κ3) is 4.24. The van der Waals surface area contributed by atoms with Crippen molar-refractivity contribution in [3.63, 3.8) is 0 Å². The summed E-state index contributed by atoms with van der Waals surface area (Å²) in [5.41, 5.74) is 0.777. The number of esters is 1. The summed E-state index contributed by atoms with van der Waals surface area (Å²) >= 11 is 6.08. The van der Waals surface area contributed by atoms with E-state index >= 15 is 0 Å². The predicted molar refractivity (Wildman–Crippen MR) is 119 cm³/mol. The van der Waals surface area contributed by atoms with Gasteiger partial charge in [0.2, 0.25) is 10.0 Å². The molecule has 31 heavy (non-hydrogen) atoms. The zero-order valence-electron chi connectivity index (χ0n) is 17.3. The number of benzene rings is 2. The van der Waals surface area contributed by atoms with Gasteiger partial charge in [0.15, 0.2) is 0 Å². The van der Waals surface area contributed by atoms with Gasteiger partial charge in [0.05, 0.1) is 37.2 Å². The van der Waals surface area contributed by atoms with Crippen molar-refractivity contribution < 1.29 is 27.5 Å². The molecule has 1 unspecified atom stereocenters. The van der Waals surface area contributed by atoms with Gasteiger partial charge in [0.1, 0.15) is 11.8 Å². The highest BCUT2D eigenvalue weighted by Gasteiger charge is 2.33. The van der Waals surface area contributed by atoms with Crippen LogP contribution in [-0.2, 0) is 14.8 Å². The summed E-state index contributed by atoms with van der Waals surface area (Å²) in [6.07, 6.45) is 2.34. The number of rotatable bonds is 6. The van der Waals surface area contributed by atoms with E-state index in [2.05, 4.69) is 0 Å². The average molecular weight is 465 g/mol. The van der Waals surface area contributed by atoms with Crippen LogP contribution in [0.25, 0.3) is 10.9 Å². The van der Waals surface area contributed by atoms with Crippen LogP contribution in [0.3, 0.4) is 0 Å². The highest BCUT2D eigenvalue weighted by Crippen LogP contribution is 2.35. The quantitative estimate of drug-likeness (QED) is 0.517. The summed E-state index contributed by atoms with van der Waals surface area (Å²) in [5, 5.41) is 0.796. The number of carbonyl (C=O) groups excluding carboxylic acids is 2. The van der Waals surface area contributed by atoms with Crippen molar-refractivity contribution in [2.24, 2.45) is 0 Å². The number of carbonyl (C=O) groups is 2. The molecule has 0 bridgehead atoms. The summed E-state index contributed by atoms with van der Waals surface area (Å²) in [6.45, 7) is 1.45. The molecule has 0 spiro atoms. The Bertz CT molecular complexity index is 1270. The Balaban J connectivity index is 2.17. The average Bonchev–Trinajstić information content (AvgIpc) is 3.11. The Hall–Kier alpha value is -3.04. The molecular weight excluding hydrogens is 444 g/mol. The summed E-state index contributed by atoms with van der Waals surface area (Å²) in [5.74, 6) is -0.937. The second-order valence-electron chi connectivity index (χ2n) is 6.81. The van der Waals surface area contributed by atoms with Crippen LogP contribution in [0.4, 0.5) is 5.69 Å². The van der Waals surface area contributed by atoms with Gasteiger partial charge < -0.3 is 9.47 Å². The van der Waals surface area contributed by atoms with E-state index in [1.807, 2.05) is 0 Å². The zero-order valence-corrected chi connectivity index (χ0v) is 18.9. The summed E-state index contributed by atoms with van der Waals surface area (Å²) in [7, 11) is -1.28. The van der Waals surface area contributed by atoms with Crippen LogP contribution in [0.2, 0.25) is 5.02 Å². The monoisotopic (exact) mass is 464 g/mol. The number of ether oxygens (including phenoxy) is 2. The number of nitrogens with zero attached hydrogens (tertiary/aromatic N) is 2. The molecule has 0 aliphatic rings. The van der Waals surface area contributed by atoms with Crippen LogP contribution in [0, 0.1) is 0 Å². The van der Waals surface area contributed by atoms with E-state index in [1.54, 1.807) is 30.3 Å². The zero-order chi connectivity index (χ0) is 22.9. The van der Waals surface area contributed by atoms with Crippen LogP contribution in [0.5, 0.6) is 5.75 Å². The maximum Gasteiger partial charge on any atom is 0.340 e. The molecule has 0 fully saturated rings. The smallest absolute Gasteiger partial charge is 0.340 e. The van der Waals surface area contributed by atoms with Crippen LogP contribution in [0.15, 0.2) is 48.7 Å². The minimum Gasteiger partial charge on any atom is -0.495 e. The second kappa shape index (κ2) is 8.60. The number of hydrogen-bond donors (Lipinski definition) is 0. The summed E-state index contributed by atoms with van der Waals surface area (Å²) < 4.78 is 37.7. The van der Waals surface area contributed by atoms with Gasteiger partial charge >= 0.3 is 5.97 Å². The molecule has 164 valence electrons. The standard InChI is InChI=1S/C21H21ClN2O6S/c1-13(24(31(4,27)28)18-11-14(22)9-10-19(18)29-2)20(25)23-12-16(21(26)30-3)15-7-5-6-8-17(15)23/h5-13H,1-4H3. The third-order valence-electron chi connectivity index (χ3n) is 4.80. The number of hydrogen-bond acceptors (Lipinski definition) is 6. The van der Waals surface area contributed by atoms with E-state index in [0.29, 0.717) is 10.9 Å². The first-order valence-electron chi connectivity index (χ1n) is 9.15. The number of aromatic nitrogens is 1. The van der Waals surface area contributed by atoms with Gasteiger partial charge in [-0.3, -0.25) is 13.7 Å². The van der Waals surface area contributed by atoms with E-state index in [9.17, 15) is 18.0 Å². The molecule has 0 saturated heterocycles. The minimum absolute atomic E-state index is 0.128. The molecule has 1 atom stereocenters. The number of fused-ring (bicyclic) bond motifs is 1. The molecule has 0 saturated carbocycles. The fraction of sp³-hybridized carbons (Fsp3) is 0.238. The lowest BCUT2D eigenvalue weighted by Gasteiger charge is -2.29. The van der Waals surface area contributed by atoms with Crippen LogP contribution < -0.4 is 9.04 Å². The summed E-state index contributed by atoms with van der Waals surface area (Å²) in [4.78, 5) is 25.6. The van der Waals surface area contributed by atoms with Gasteiger partial charge in [-0.15, -0.1) is 0 Å². The first-order chi connectivity index (χ1) is 14.6.